The van der Waals surface area contributed by atoms with Crippen LogP contribution in [0.15, 0.2) is 18.2 Å². The zero-order chi connectivity index (χ0) is 17.0. The summed E-state index contributed by atoms with van der Waals surface area (Å²) in [6, 6.07) is 5.92. The molecule has 5 heteroatoms. The van der Waals surface area contributed by atoms with Gasteiger partial charge in [-0.15, -0.1) is 0 Å². The van der Waals surface area contributed by atoms with E-state index in [0.29, 0.717) is 6.61 Å². The molecule has 0 radical (unpaired) electrons. The highest BCUT2D eigenvalue weighted by Crippen LogP contribution is 2.60. The van der Waals surface area contributed by atoms with Crippen LogP contribution in [0.2, 0.25) is 0 Å². The molecule has 1 aromatic heterocycles. The molecule has 0 aliphatic heterocycles. The number of benzene rings is 1. The number of hydrogen-bond donors (Lipinski definition) is 1. The Kier molecular flexibility index (Phi) is 3.56. The van der Waals surface area contributed by atoms with Crippen LogP contribution in [0.25, 0.3) is 10.2 Å². The third kappa shape index (κ3) is 2.64. The Labute approximate surface area is 152 Å². The first kappa shape index (κ1) is 15.6. The van der Waals surface area contributed by atoms with Crippen LogP contribution in [-0.4, -0.2) is 17.5 Å². The van der Waals surface area contributed by atoms with Crippen LogP contribution in [0.4, 0.5) is 5.13 Å². The van der Waals surface area contributed by atoms with E-state index in [-0.39, 0.29) is 11.3 Å². The van der Waals surface area contributed by atoms with Gasteiger partial charge in [0.25, 0.3) is 0 Å². The molecule has 4 saturated carbocycles. The minimum Gasteiger partial charge on any atom is -0.494 e. The third-order valence-corrected chi connectivity index (χ3v) is 7.34. The van der Waals surface area contributed by atoms with Crippen molar-refractivity contribution in [2.24, 2.45) is 23.2 Å². The van der Waals surface area contributed by atoms with Gasteiger partial charge >= 0.3 is 0 Å². The Hall–Kier alpha value is -1.62. The molecule has 6 rings (SSSR count). The van der Waals surface area contributed by atoms with Gasteiger partial charge in [0, 0.05) is 0 Å². The minimum absolute atomic E-state index is 0.122. The van der Waals surface area contributed by atoms with Gasteiger partial charge in [-0.3, -0.25) is 4.79 Å². The predicted molar refractivity (Wildman–Crippen MR) is 100 cm³/mol. The fourth-order valence-corrected chi connectivity index (χ4v) is 6.72. The lowest BCUT2D eigenvalue weighted by molar-refractivity contribution is -0.140. The largest absolute Gasteiger partial charge is 0.494 e. The van der Waals surface area contributed by atoms with Crippen LogP contribution in [0.3, 0.4) is 0 Å². The van der Waals surface area contributed by atoms with Gasteiger partial charge in [-0.05, 0) is 81.4 Å². The van der Waals surface area contributed by atoms with Gasteiger partial charge in [0.1, 0.15) is 5.75 Å². The van der Waals surface area contributed by atoms with Gasteiger partial charge in [-0.2, -0.15) is 0 Å². The molecular formula is C20H24N2O2S. The van der Waals surface area contributed by atoms with Gasteiger partial charge in [-0.25, -0.2) is 4.98 Å². The van der Waals surface area contributed by atoms with E-state index in [9.17, 15) is 4.79 Å². The average Bonchev–Trinajstić information content (AvgIpc) is 2.95. The van der Waals surface area contributed by atoms with E-state index < -0.39 is 0 Å². The molecule has 1 heterocycles. The molecule has 4 aliphatic carbocycles. The average molecular weight is 356 g/mol. The molecule has 25 heavy (non-hydrogen) atoms. The van der Waals surface area contributed by atoms with E-state index in [1.54, 1.807) is 11.3 Å². The topological polar surface area (TPSA) is 51.2 Å². The van der Waals surface area contributed by atoms with Crippen LogP contribution in [0.5, 0.6) is 5.75 Å². The second kappa shape index (κ2) is 5.70. The zero-order valence-corrected chi connectivity index (χ0v) is 15.4. The van der Waals surface area contributed by atoms with Gasteiger partial charge in [0.05, 0.1) is 22.2 Å². The van der Waals surface area contributed by atoms with Gasteiger partial charge < -0.3 is 10.1 Å². The summed E-state index contributed by atoms with van der Waals surface area (Å²) in [7, 11) is 0. The molecule has 4 fully saturated rings. The summed E-state index contributed by atoms with van der Waals surface area (Å²) in [5.41, 5.74) is 0.803. The summed E-state index contributed by atoms with van der Waals surface area (Å²) in [5, 5.41) is 3.89. The summed E-state index contributed by atoms with van der Waals surface area (Å²) in [4.78, 5) is 17.8. The fourth-order valence-electron chi connectivity index (χ4n) is 5.83. The van der Waals surface area contributed by atoms with Crippen LogP contribution in [-0.2, 0) is 4.79 Å². The molecule has 2 aromatic rings. The van der Waals surface area contributed by atoms with Crippen molar-refractivity contribution in [3.63, 3.8) is 0 Å². The predicted octanol–water partition coefficient (Wildman–Crippen LogP) is 4.85. The van der Waals surface area contributed by atoms with E-state index in [1.807, 2.05) is 25.1 Å². The Morgan fingerprint density at radius 2 is 1.92 bits per heavy atom. The monoisotopic (exact) mass is 356 g/mol. The highest BCUT2D eigenvalue weighted by atomic mass is 32.1. The van der Waals surface area contributed by atoms with Crippen molar-refractivity contribution in [1.29, 1.82) is 0 Å². The van der Waals surface area contributed by atoms with Crippen molar-refractivity contribution in [3.8, 4) is 5.75 Å². The second-order valence-electron chi connectivity index (χ2n) is 8.23. The SMILES string of the molecule is CCOc1ccc2nc(NC(=O)C34CC5CC(CC(C5)C3)C4)sc2c1. The number of hydrogen-bond acceptors (Lipinski definition) is 4. The number of amides is 1. The van der Waals surface area contributed by atoms with Crippen molar-refractivity contribution in [1.82, 2.24) is 4.98 Å². The molecular weight excluding hydrogens is 332 g/mol. The summed E-state index contributed by atoms with van der Waals surface area (Å²) in [6.45, 7) is 2.63. The zero-order valence-electron chi connectivity index (χ0n) is 14.6. The van der Waals surface area contributed by atoms with E-state index in [0.717, 1.165) is 58.1 Å². The highest BCUT2D eigenvalue weighted by Gasteiger charge is 2.54. The fraction of sp³-hybridized carbons (Fsp3) is 0.600. The van der Waals surface area contributed by atoms with Crippen LogP contribution in [0.1, 0.15) is 45.4 Å². The lowest BCUT2D eigenvalue weighted by atomic mass is 9.49. The number of nitrogens with zero attached hydrogens (tertiary/aromatic N) is 1. The maximum absolute atomic E-state index is 13.1. The molecule has 1 N–H and O–H groups in total. The molecule has 132 valence electrons. The Bertz CT molecular complexity index is 793. The van der Waals surface area contributed by atoms with E-state index in [2.05, 4.69) is 10.3 Å². The van der Waals surface area contributed by atoms with E-state index in [1.165, 1.54) is 19.3 Å². The minimum atomic E-state index is -0.122. The number of ether oxygens (including phenoxy) is 1. The van der Waals surface area contributed by atoms with Gasteiger partial charge in [0.2, 0.25) is 5.91 Å². The Balaban J connectivity index is 1.38. The maximum atomic E-state index is 13.1. The molecule has 0 saturated heterocycles. The van der Waals surface area contributed by atoms with Crippen molar-refractivity contribution < 1.29 is 9.53 Å². The number of carbonyl (C=O) groups is 1. The maximum Gasteiger partial charge on any atom is 0.232 e. The number of nitrogens with one attached hydrogen (secondary N) is 1. The smallest absolute Gasteiger partial charge is 0.232 e. The molecule has 4 aliphatic rings. The lowest BCUT2D eigenvalue weighted by Gasteiger charge is -2.55. The molecule has 0 unspecified atom stereocenters. The van der Waals surface area contributed by atoms with Crippen LogP contribution in [0, 0.1) is 23.2 Å². The molecule has 4 bridgehead atoms. The number of anilines is 1. The lowest BCUT2D eigenvalue weighted by Crippen LogP contribution is -2.51. The van der Waals surface area contributed by atoms with Crippen LogP contribution >= 0.6 is 11.3 Å². The molecule has 1 amide bonds. The van der Waals surface area contributed by atoms with Crippen molar-refractivity contribution in [2.45, 2.75) is 45.4 Å². The molecule has 0 atom stereocenters. The first-order valence-corrected chi connectivity index (χ1v) is 10.3. The standard InChI is InChI=1S/C20H24N2O2S/c1-2-24-15-3-4-16-17(8-15)25-19(21-16)22-18(23)20-9-12-5-13(10-20)7-14(6-12)11-20/h3-4,8,12-14H,2,5-7,9-11H2,1H3,(H,21,22,23). The van der Waals surface area contributed by atoms with E-state index in [4.69, 9.17) is 4.74 Å². The number of fused-ring (bicyclic) bond motifs is 1. The van der Waals surface area contributed by atoms with Crippen molar-refractivity contribution >= 4 is 32.6 Å². The normalized spacial score (nSPS) is 32.9. The van der Waals surface area contributed by atoms with Gasteiger partial charge in [0.15, 0.2) is 5.13 Å². The Morgan fingerprint density at radius 3 is 2.56 bits per heavy atom. The molecule has 4 nitrogen and oxygen atoms in total. The summed E-state index contributed by atoms with van der Waals surface area (Å²) < 4.78 is 6.62. The van der Waals surface area contributed by atoms with Crippen LogP contribution < -0.4 is 10.1 Å². The van der Waals surface area contributed by atoms with Crippen molar-refractivity contribution in [3.05, 3.63) is 18.2 Å². The third-order valence-electron chi connectivity index (χ3n) is 6.41. The quantitative estimate of drug-likeness (QED) is 0.852. The Morgan fingerprint density at radius 1 is 1.24 bits per heavy atom. The first-order valence-electron chi connectivity index (χ1n) is 9.48. The summed E-state index contributed by atoms with van der Waals surface area (Å²) in [6.07, 6.45) is 7.33. The number of rotatable bonds is 4. The number of aromatic nitrogens is 1. The number of carbonyl (C=O) groups excluding carboxylic acids is 1. The first-order chi connectivity index (χ1) is 12.1. The van der Waals surface area contributed by atoms with Crippen molar-refractivity contribution in [2.75, 3.05) is 11.9 Å². The number of thiazole rings is 1. The molecule has 1 aromatic carbocycles. The molecule has 0 spiro atoms. The second-order valence-corrected chi connectivity index (χ2v) is 9.26. The summed E-state index contributed by atoms with van der Waals surface area (Å²) >= 11 is 1.55. The summed E-state index contributed by atoms with van der Waals surface area (Å²) in [5.74, 6) is 3.41. The van der Waals surface area contributed by atoms with Gasteiger partial charge in [-0.1, -0.05) is 11.3 Å². The van der Waals surface area contributed by atoms with E-state index >= 15 is 0 Å². The highest BCUT2D eigenvalue weighted by molar-refractivity contribution is 7.22.